The third-order valence-electron chi connectivity index (χ3n) is 2.35. The van der Waals surface area contributed by atoms with E-state index >= 15 is 0 Å². The molecule has 6 heteroatoms. The van der Waals surface area contributed by atoms with Crippen molar-refractivity contribution in [2.45, 2.75) is 32.8 Å². The highest BCUT2D eigenvalue weighted by Crippen LogP contribution is 2.22. The van der Waals surface area contributed by atoms with Gasteiger partial charge in [0.1, 0.15) is 11.4 Å². The Labute approximate surface area is 128 Å². The van der Waals surface area contributed by atoms with Crippen LogP contribution in [0.25, 0.3) is 0 Å². The number of halogens is 2. The van der Waals surface area contributed by atoms with Crippen LogP contribution < -0.4 is 10.1 Å². The molecule has 0 heterocycles. The van der Waals surface area contributed by atoms with Crippen LogP contribution in [-0.4, -0.2) is 25.3 Å². The van der Waals surface area contributed by atoms with Gasteiger partial charge in [-0.15, -0.1) is 0 Å². The van der Waals surface area contributed by atoms with Crippen molar-refractivity contribution in [3.63, 3.8) is 0 Å². The fourth-order valence-corrected chi connectivity index (χ4v) is 1.56. The minimum Gasteiger partial charge on any atom is -0.492 e. The number of amides is 1. The first kappa shape index (κ1) is 17.8. The first-order valence-electron chi connectivity index (χ1n) is 6.71. The van der Waals surface area contributed by atoms with Crippen LogP contribution in [0.5, 0.6) is 5.75 Å². The van der Waals surface area contributed by atoms with Crippen LogP contribution in [0.2, 0.25) is 0 Å². The molecule has 0 aliphatic heterocycles. The van der Waals surface area contributed by atoms with Crippen molar-refractivity contribution in [2.24, 2.45) is 0 Å². The molecule has 0 bridgehead atoms. The van der Waals surface area contributed by atoms with Crippen molar-refractivity contribution in [1.29, 1.82) is 0 Å². The van der Waals surface area contributed by atoms with Crippen LogP contribution in [0.15, 0.2) is 12.1 Å². The molecule has 0 aliphatic carbocycles. The normalized spacial score (nSPS) is 10.5. The second-order valence-corrected chi connectivity index (χ2v) is 5.45. The van der Waals surface area contributed by atoms with E-state index in [1.165, 1.54) is 7.11 Å². The Morgan fingerprint density at radius 2 is 2.00 bits per heavy atom. The molecule has 4 nitrogen and oxygen atoms in total. The number of ether oxygens (including phenoxy) is 2. The minimum atomic E-state index is -0.807. The van der Waals surface area contributed by atoms with Gasteiger partial charge in [0.05, 0.1) is 12.7 Å². The van der Waals surface area contributed by atoms with E-state index in [-0.39, 0.29) is 17.9 Å². The lowest BCUT2D eigenvalue weighted by Crippen LogP contribution is -2.32. The number of rotatable bonds is 3. The largest absolute Gasteiger partial charge is 0.492 e. The van der Waals surface area contributed by atoms with Crippen LogP contribution in [0.1, 0.15) is 32.8 Å². The summed E-state index contributed by atoms with van der Waals surface area (Å²) in [7, 11) is 1.28. The molecule has 1 aromatic rings. The summed E-state index contributed by atoms with van der Waals surface area (Å²) in [6.07, 6.45) is -0.232. The number of benzene rings is 1. The monoisotopic (exact) mass is 311 g/mol. The predicted octanol–water partition coefficient (Wildman–Crippen LogP) is 3.24. The molecule has 0 fully saturated rings. The maximum atomic E-state index is 13.4. The highest BCUT2D eigenvalue weighted by Gasteiger charge is 2.15. The van der Waals surface area contributed by atoms with E-state index in [9.17, 15) is 13.6 Å². The molecule has 1 amide bonds. The minimum absolute atomic E-state index is 0.103. The predicted molar refractivity (Wildman–Crippen MR) is 78.6 cm³/mol. The molecule has 0 spiro atoms. The molecule has 1 aromatic carbocycles. The summed E-state index contributed by atoms with van der Waals surface area (Å²) in [6, 6.07) is 1.82. The van der Waals surface area contributed by atoms with Crippen molar-refractivity contribution >= 4 is 6.09 Å². The molecule has 1 rings (SSSR count). The fourth-order valence-electron chi connectivity index (χ4n) is 1.56. The fraction of sp³-hybridized carbons (Fsp3) is 0.438. The molecule has 0 atom stereocenters. The highest BCUT2D eigenvalue weighted by molar-refractivity contribution is 5.67. The zero-order valence-corrected chi connectivity index (χ0v) is 13.0. The van der Waals surface area contributed by atoms with E-state index in [0.29, 0.717) is 6.42 Å². The second kappa shape index (κ2) is 7.64. The second-order valence-electron chi connectivity index (χ2n) is 5.45. The first-order chi connectivity index (χ1) is 10.2. The standard InChI is InChI=1S/C16H19F2NO3/c1-16(2,3)22-15(20)19-8-6-5-7-11-9-12(17)10-13(18)14(11)21-4/h9-10H,6,8H2,1-4H3,(H,19,20). The average Bonchev–Trinajstić information content (AvgIpc) is 2.35. The van der Waals surface area contributed by atoms with Gasteiger partial charge in [0.2, 0.25) is 0 Å². The molecule has 0 saturated carbocycles. The van der Waals surface area contributed by atoms with Crippen LogP contribution in [-0.2, 0) is 4.74 Å². The molecular formula is C16H19F2NO3. The zero-order chi connectivity index (χ0) is 16.8. The van der Waals surface area contributed by atoms with Crippen LogP contribution >= 0.6 is 0 Å². The molecule has 22 heavy (non-hydrogen) atoms. The Morgan fingerprint density at radius 1 is 1.32 bits per heavy atom. The number of carbonyl (C=O) groups is 1. The van der Waals surface area contributed by atoms with Crippen LogP contribution in [0.4, 0.5) is 13.6 Å². The van der Waals surface area contributed by atoms with Gasteiger partial charge in [-0.3, -0.25) is 0 Å². The van der Waals surface area contributed by atoms with E-state index in [4.69, 9.17) is 9.47 Å². The maximum Gasteiger partial charge on any atom is 0.407 e. The number of nitrogens with one attached hydrogen (secondary N) is 1. The quantitative estimate of drug-likeness (QED) is 0.688. The van der Waals surface area contributed by atoms with Crippen LogP contribution in [0, 0.1) is 23.5 Å². The molecular weight excluding hydrogens is 292 g/mol. The van der Waals surface area contributed by atoms with Gasteiger partial charge in [-0.25, -0.2) is 13.6 Å². The summed E-state index contributed by atoms with van der Waals surface area (Å²) in [4.78, 5) is 11.4. The molecule has 0 saturated heterocycles. The van der Waals surface area contributed by atoms with Gasteiger partial charge in [-0.1, -0.05) is 11.8 Å². The number of methoxy groups -OCH3 is 1. The smallest absolute Gasteiger partial charge is 0.407 e. The molecule has 0 aliphatic rings. The number of hydrogen-bond donors (Lipinski definition) is 1. The number of alkyl carbamates (subject to hydrolysis) is 1. The van der Waals surface area contributed by atoms with Crippen molar-refractivity contribution < 1.29 is 23.0 Å². The molecule has 0 radical (unpaired) electrons. The Bertz CT molecular complexity index is 598. The summed E-state index contributed by atoms with van der Waals surface area (Å²) < 4.78 is 36.5. The van der Waals surface area contributed by atoms with E-state index in [0.717, 1.165) is 12.1 Å². The van der Waals surface area contributed by atoms with Gasteiger partial charge in [0, 0.05) is 19.0 Å². The van der Waals surface area contributed by atoms with E-state index in [1.807, 2.05) is 0 Å². The lowest BCUT2D eigenvalue weighted by atomic mass is 10.2. The average molecular weight is 311 g/mol. The first-order valence-corrected chi connectivity index (χ1v) is 6.71. The Kier molecular flexibility index (Phi) is 6.17. The van der Waals surface area contributed by atoms with Crippen molar-refractivity contribution in [3.05, 3.63) is 29.3 Å². The van der Waals surface area contributed by atoms with E-state index < -0.39 is 23.3 Å². The number of carbonyl (C=O) groups excluding carboxylic acids is 1. The van der Waals surface area contributed by atoms with Crippen molar-refractivity contribution in [1.82, 2.24) is 5.32 Å². The lowest BCUT2D eigenvalue weighted by molar-refractivity contribution is 0.0529. The zero-order valence-electron chi connectivity index (χ0n) is 13.0. The van der Waals surface area contributed by atoms with Crippen molar-refractivity contribution in [2.75, 3.05) is 13.7 Å². The molecule has 120 valence electrons. The van der Waals surface area contributed by atoms with Gasteiger partial charge in [0.15, 0.2) is 11.6 Å². The summed E-state index contributed by atoms with van der Waals surface area (Å²) >= 11 is 0. The Hall–Kier alpha value is -2.29. The molecule has 0 aromatic heterocycles. The summed E-state index contributed by atoms with van der Waals surface area (Å²) in [5.74, 6) is 3.70. The maximum absolute atomic E-state index is 13.4. The summed E-state index contributed by atoms with van der Waals surface area (Å²) in [6.45, 7) is 5.55. The van der Waals surface area contributed by atoms with E-state index in [2.05, 4.69) is 17.2 Å². The van der Waals surface area contributed by atoms with E-state index in [1.54, 1.807) is 20.8 Å². The number of hydrogen-bond acceptors (Lipinski definition) is 3. The molecule has 1 N–H and O–H groups in total. The SMILES string of the molecule is COc1c(F)cc(F)cc1C#CCCNC(=O)OC(C)(C)C. The van der Waals surface area contributed by atoms with Crippen molar-refractivity contribution in [3.8, 4) is 17.6 Å². The summed E-state index contributed by atoms with van der Waals surface area (Å²) in [5, 5.41) is 2.53. The topological polar surface area (TPSA) is 47.6 Å². The Morgan fingerprint density at radius 3 is 2.59 bits per heavy atom. The highest BCUT2D eigenvalue weighted by atomic mass is 19.1. The van der Waals surface area contributed by atoms with Gasteiger partial charge in [-0.2, -0.15) is 0 Å². The van der Waals surface area contributed by atoms with Gasteiger partial charge in [-0.05, 0) is 26.8 Å². The third kappa shape index (κ3) is 6.00. The Balaban J connectivity index is 2.57. The van der Waals surface area contributed by atoms with Gasteiger partial charge >= 0.3 is 6.09 Å². The lowest BCUT2D eigenvalue weighted by Gasteiger charge is -2.19. The van der Waals surface area contributed by atoms with Gasteiger partial charge < -0.3 is 14.8 Å². The van der Waals surface area contributed by atoms with Gasteiger partial charge in [0.25, 0.3) is 0 Å². The van der Waals surface area contributed by atoms with Crippen LogP contribution in [0.3, 0.4) is 0 Å². The summed E-state index contributed by atoms with van der Waals surface area (Å²) in [5.41, 5.74) is -0.445. The molecule has 0 unspecified atom stereocenters. The third-order valence-corrected chi connectivity index (χ3v) is 2.35.